The number of hydrogen-bond acceptors (Lipinski definition) is 5. The van der Waals surface area contributed by atoms with E-state index in [1.807, 2.05) is 0 Å². The Kier molecular flexibility index (Phi) is 3.66. The molecule has 1 aliphatic rings. The molecule has 0 saturated heterocycles. The lowest BCUT2D eigenvalue weighted by Gasteiger charge is -2.31. The monoisotopic (exact) mass is 286 g/mol. The third-order valence-electron chi connectivity index (χ3n) is 3.80. The number of amides is 1. The van der Waals surface area contributed by atoms with Crippen LogP contribution in [0.3, 0.4) is 0 Å². The minimum absolute atomic E-state index is 0.143. The van der Waals surface area contributed by atoms with Gasteiger partial charge in [0.1, 0.15) is 0 Å². The van der Waals surface area contributed by atoms with Crippen LogP contribution in [0.5, 0.6) is 0 Å². The van der Waals surface area contributed by atoms with Crippen molar-refractivity contribution in [1.29, 1.82) is 0 Å². The highest BCUT2D eigenvalue weighted by Gasteiger charge is 2.35. The van der Waals surface area contributed by atoms with Crippen LogP contribution in [-0.2, 0) is 4.79 Å². The van der Waals surface area contributed by atoms with Gasteiger partial charge in [-0.15, -0.1) is 0 Å². The number of anilines is 1. The molecule has 0 aromatic carbocycles. The van der Waals surface area contributed by atoms with Crippen LogP contribution < -0.4 is 11.1 Å². The van der Waals surface area contributed by atoms with Crippen molar-refractivity contribution in [2.45, 2.75) is 37.6 Å². The van der Waals surface area contributed by atoms with Gasteiger partial charge in [0.25, 0.3) is 0 Å². The standard InChI is InChI=1S/C14H18N6O/c15-14(5-2-1-3-6-14)12(21)19-11-9-18-20(10-11)13-16-7-4-8-17-13/h4,7-10H,1-3,5-6,15H2,(H,19,21). The van der Waals surface area contributed by atoms with Crippen molar-refractivity contribution in [3.8, 4) is 5.95 Å². The summed E-state index contributed by atoms with van der Waals surface area (Å²) in [6.07, 6.45) is 11.1. The Morgan fingerprint density at radius 2 is 1.95 bits per heavy atom. The predicted octanol–water partition coefficient (Wildman–Crippen LogP) is 1.26. The van der Waals surface area contributed by atoms with Crippen LogP contribution in [-0.4, -0.2) is 31.2 Å². The van der Waals surface area contributed by atoms with Crippen LogP contribution in [0.1, 0.15) is 32.1 Å². The molecule has 0 spiro atoms. The molecule has 7 heteroatoms. The Morgan fingerprint density at radius 1 is 1.24 bits per heavy atom. The summed E-state index contributed by atoms with van der Waals surface area (Å²) in [5.74, 6) is 0.314. The van der Waals surface area contributed by atoms with E-state index in [-0.39, 0.29) is 5.91 Å². The molecule has 0 radical (unpaired) electrons. The molecule has 21 heavy (non-hydrogen) atoms. The van der Waals surface area contributed by atoms with Crippen molar-refractivity contribution in [2.24, 2.45) is 5.73 Å². The fourth-order valence-electron chi connectivity index (χ4n) is 2.57. The summed E-state index contributed by atoms with van der Waals surface area (Å²) in [6, 6.07) is 1.73. The maximum atomic E-state index is 12.3. The van der Waals surface area contributed by atoms with E-state index in [0.29, 0.717) is 11.6 Å². The molecular formula is C14H18N6O. The number of rotatable bonds is 3. The second-order valence-corrected chi connectivity index (χ2v) is 5.39. The molecule has 7 nitrogen and oxygen atoms in total. The number of nitrogens with two attached hydrogens (primary N) is 1. The van der Waals surface area contributed by atoms with Gasteiger partial charge in [0.05, 0.1) is 23.6 Å². The smallest absolute Gasteiger partial charge is 0.250 e. The SMILES string of the molecule is NC1(C(=O)Nc2cnn(-c3ncccn3)c2)CCCCC1. The number of aromatic nitrogens is 4. The van der Waals surface area contributed by atoms with Gasteiger partial charge in [0, 0.05) is 12.4 Å². The predicted molar refractivity (Wildman–Crippen MR) is 77.8 cm³/mol. The minimum atomic E-state index is -0.760. The van der Waals surface area contributed by atoms with Gasteiger partial charge in [0.15, 0.2) is 0 Å². The van der Waals surface area contributed by atoms with Crippen LogP contribution in [0.4, 0.5) is 5.69 Å². The summed E-state index contributed by atoms with van der Waals surface area (Å²) < 4.78 is 1.51. The molecule has 1 aliphatic carbocycles. The number of nitrogens with zero attached hydrogens (tertiary/aromatic N) is 4. The summed E-state index contributed by atoms with van der Waals surface area (Å²) in [5.41, 5.74) is 6.04. The van der Waals surface area contributed by atoms with Crippen LogP contribution in [0.15, 0.2) is 30.9 Å². The van der Waals surface area contributed by atoms with Crippen LogP contribution in [0.25, 0.3) is 5.95 Å². The lowest BCUT2D eigenvalue weighted by molar-refractivity contribution is -0.122. The highest BCUT2D eigenvalue weighted by molar-refractivity contribution is 5.97. The Morgan fingerprint density at radius 3 is 2.67 bits per heavy atom. The van der Waals surface area contributed by atoms with E-state index < -0.39 is 5.54 Å². The van der Waals surface area contributed by atoms with Crippen molar-refractivity contribution < 1.29 is 4.79 Å². The third-order valence-corrected chi connectivity index (χ3v) is 3.80. The molecular weight excluding hydrogens is 268 g/mol. The normalized spacial score (nSPS) is 17.4. The summed E-state index contributed by atoms with van der Waals surface area (Å²) in [4.78, 5) is 20.5. The van der Waals surface area contributed by atoms with Crippen molar-refractivity contribution >= 4 is 11.6 Å². The zero-order valence-corrected chi connectivity index (χ0v) is 11.7. The van der Waals surface area contributed by atoms with Crippen molar-refractivity contribution in [3.63, 3.8) is 0 Å². The molecule has 3 N–H and O–H groups in total. The molecule has 0 bridgehead atoms. The first-order chi connectivity index (χ1) is 10.2. The summed E-state index contributed by atoms with van der Waals surface area (Å²) in [6.45, 7) is 0. The van der Waals surface area contributed by atoms with Gasteiger partial charge in [-0.3, -0.25) is 4.79 Å². The maximum Gasteiger partial charge on any atom is 0.250 e. The second kappa shape index (κ2) is 5.61. The van der Waals surface area contributed by atoms with E-state index in [2.05, 4.69) is 20.4 Å². The van der Waals surface area contributed by atoms with Gasteiger partial charge in [-0.2, -0.15) is 5.10 Å². The zero-order chi connectivity index (χ0) is 14.7. The van der Waals surface area contributed by atoms with E-state index in [1.165, 1.54) is 4.68 Å². The first-order valence-corrected chi connectivity index (χ1v) is 7.10. The van der Waals surface area contributed by atoms with Crippen molar-refractivity contribution in [1.82, 2.24) is 19.7 Å². The molecule has 1 fully saturated rings. The number of hydrogen-bond donors (Lipinski definition) is 2. The zero-order valence-electron chi connectivity index (χ0n) is 11.7. The number of nitrogens with one attached hydrogen (secondary N) is 1. The summed E-state index contributed by atoms with van der Waals surface area (Å²) in [5, 5.41) is 6.98. The Balaban J connectivity index is 1.71. The molecule has 0 unspecified atom stereocenters. The number of carbonyl (C=O) groups excluding carboxylic acids is 1. The molecule has 2 aromatic heterocycles. The maximum absolute atomic E-state index is 12.3. The topological polar surface area (TPSA) is 98.7 Å². The Bertz CT molecular complexity index is 617. The van der Waals surface area contributed by atoms with E-state index in [1.54, 1.807) is 30.9 Å². The van der Waals surface area contributed by atoms with Gasteiger partial charge in [-0.25, -0.2) is 14.6 Å². The lowest BCUT2D eigenvalue weighted by atomic mass is 9.82. The van der Waals surface area contributed by atoms with E-state index in [9.17, 15) is 4.79 Å². The van der Waals surface area contributed by atoms with Gasteiger partial charge in [-0.1, -0.05) is 19.3 Å². The molecule has 110 valence electrons. The molecule has 0 aliphatic heterocycles. The van der Waals surface area contributed by atoms with Gasteiger partial charge in [-0.05, 0) is 18.9 Å². The highest BCUT2D eigenvalue weighted by Crippen LogP contribution is 2.27. The van der Waals surface area contributed by atoms with E-state index in [0.717, 1.165) is 32.1 Å². The van der Waals surface area contributed by atoms with Gasteiger partial charge >= 0.3 is 0 Å². The fourth-order valence-corrected chi connectivity index (χ4v) is 2.57. The summed E-state index contributed by atoms with van der Waals surface area (Å²) in [7, 11) is 0. The van der Waals surface area contributed by atoms with E-state index >= 15 is 0 Å². The first-order valence-electron chi connectivity index (χ1n) is 7.10. The fraction of sp³-hybridized carbons (Fsp3) is 0.429. The Hall–Kier alpha value is -2.28. The van der Waals surface area contributed by atoms with Gasteiger partial charge in [0.2, 0.25) is 11.9 Å². The Labute approximate surface area is 122 Å². The van der Waals surface area contributed by atoms with Crippen molar-refractivity contribution in [2.75, 3.05) is 5.32 Å². The molecule has 1 saturated carbocycles. The molecule has 2 heterocycles. The third kappa shape index (κ3) is 2.92. The molecule has 0 atom stereocenters. The largest absolute Gasteiger partial charge is 0.322 e. The highest BCUT2D eigenvalue weighted by atomic mass is 16.2. The average Bonchev–Trinajstić information content (AvgIpc) is 2.97. The molecule has 2 aromatic rings. The quantitative estimate of drug-likeness (QED) is 0.885. The molecule has 3 rings (SSSR count). The van der Waals surface area contributed by atoms with Gasteiger partial charge < -0.3 is 11.1 Å². The number of carbonyl (C=O) groups is 1. The van der Waals surface area contributed by atoms with Crippen LogP contribution in [0.2, 0.25) is 0 Å². The van der Waals surface area contributed by atoms with Crippen LogP contribution in [0, 0.1) is 0 Å². The lowest BCUT2D eigenvalue weighted by Crippen LogP contribution is -2.52. The average molecular weight is 286 g/mol. The minimum Gasteiger partial charge on any atom is -0.322 e. The first kappa shape index (κ1) is 13.7. The van der Waals surface area contributed by atoms with Crippen molar-refractivity contribution in [3.05, 3.63) is 30.9 Å². The second-order valence-electron chi connectivity index (χ2n) is 5.39. The van der Waals surface area contributed by atoms with Crippen LogP contribution >= 0.6 is 0 Å². The molecule has 1 amide bonds. The van der Waals surface area contributed by atoms with E-state index in [4.69, 9.17) is 5.73 Å². The summed E-state index contributed by atoms with van der Waals surface area (Å²) >= 11 is 0.